The third-order valence-corrected chi connectivity index (χ3v) is 6.12. The van der Waals surface area contributed by atoms with E-state index in [1.807, 2.05) is 24.3 Å². The number of methoxy groups -OCH3 is 1. The van der Waals surface area contributed by atoms with E-state index in [-0.39, 0.29) is 17.8 Å². The first-order chi connectivity index (χ1) is 14.5. The topological polar surface area (TPSA) is 45.1 Å². The number of amides is 1. The van der Waals surface area contributed by atoms with Crippen LogP contribution in [0.1, 0.15) is 49.8 Å². The molecule has 1 fully saturated rings. The summed E-state index contributed by atoms with van der Waals surface area (Å²) in [5, 5.41) is 6.33. The van der Waals surface area contributed by atoms with Gasteiger partial charge >= 0.3 is 0 Å². The first-order valence-corrected chi connectivity index (χ1v) is 10.6. The molecule has 4 rings (SSSR count). The van der Waals surface area contributed by atoms with E-state index in [0.29, 0.717) is 19.0 Å². The second-order valence-electron chi connectivity index (χ2n) is 8.10. The summed E-state index contributed by atoms with van der Waals surface area (Å²) in [7, 11) is 1.63. The van der Waals surface area contributed by atoms with Crippen LogP contribution in [0.3, 0.4) is 0 Å². The molecule has 0 N–H and O–H groups in total. The second kappa shape index (κ2) is 8.96. The molecule has 0 spiro atoms. The van der Waals surface area contributed by atoms with Gasteiger partial charge in [-0.2, -0.15) is 5.10 Å². The van der Waals surface area contributed by atoms with Gasteiger partial charge in [0.2, 0.25) is 0 Å². The highest BCUT2D eigenvalue weighted by Crippen LogP contribution is 2.34. The molecule has 30 heavy (non-hydrogen) atoms. The number of carbonyl (C=O) groups excluding carboxylic acids is 1. The smallest absolute Gasteiger partial charge is 0.257 e. The number of hydrogen-bond acceptors (Lipinski definition) is 4. The Kier molecular flexibility index (Phi) is 6.13. The largest absolute Gasteiger partial charge is 0.497 e. The number of likely N-dealkylation sites (tertiary alicyclic amines) is 1. The molecule has 5 nitrogen and oxygen atoms in total. The SMILES string of the molecule is COc1ccc([C@H]2CC(c3ccc(F)cc3)=NN2C(=O)CN2CCCC[C@H]2C)cc1. The van der Waals surface area contributed by atoms with Crippen molar-refractivity contribution in [3.8, 4) is 5.75 Å². The lowest BCUT2D eigenvalue weighted by atomic mass is 9.98. The fourth-order valence-electron chi connectivity index (χ4n) is 4.28. The zero-order valence-corrected chi connectivity index (χ0v) is 17.6. The average Bonchev–Trinajstić information content (AvgIpc) is 3.21. The molecular weight excluding hydrogens is 381 g/mol. The van der Waals surface area contributed by atoms with Crippen molar-refractivity contribution in [1.29, 1.82) is 0 Å². The molecule has 1 saturated heterocycles. The lowest BCUT2D eigenvalue weighted by Gasteiger charge is -2.34. The van der Waals surface area contributed by atoms with Crippen molar-refractivity contribution in [3.63, 3.8) is 0 Å². The van der Waals surface area contributed by atoms with Crippen LogP contribution in [0.4, 0.5) is 4.39 Å². The maximum atomic E-state index is 13.4. The molecule has 2 aliphatic heterocycles. The third kappa shape index (κ3) is 4.38. The van der Waals surface area contributed by atoms with Crippen LogP contribution in [-0.4, -0.2) is 47.8 Å². The number of carbonyl (C=O) groups is 1. The predicted molar refractivity (Wildman–Crippen MR) is 115 cm³/mol. The van der Waals surface area contributed by atoms with Gasteiger partial charge < -0.3 is 4.74 Å². The van der Waals surface area contributed by atoms with Crippen LogP contribution in [0.15, 0.2) is 53.6 Å². The van der Waals surface area contributed by atoms with Crippen molar-refractivity contribution in [2.75, 3.05) is 20.2 Å². The van der Waals surface area contributed by atoms with Gasteiger partial charge in [0.1, 0.15) is 11.6 Å². The summed E-state index contributed by atoms with van der Waals surface area (Å²) in [5.74, 6) is 0.495. The van der Waals surface area contributed by atoms with E-state index in [2.05, 4.69) is 11.8 Å². The number of hydrazone groups is 1. The molecule has 0 saturated carbocycles. The Bertz CT molecular complexity index is 911. The molecule has 0 unspecified atom stereocenters. The van der Waals surface area contributed by atoms with Crippen LogP contribution in [0, 0.1) is 5.82 Å². The molecule has 2 heterocycles. The Morgan fingerprint density at radius 3 is 2.53 bits per heavy atom. The minimum Gasteiger partial charge on any atom is -0.497 e. The first-order valence-electron chi connectivity index (χ1n) is 10.6. The summed E-state index contributed by atoms with van der Waals surface area (Å²) in [6.07, 6.45) is 4.07. The van der Waals surface area contributed by atoms with Crippen LogP contribution in [0.2, 0.25) is 0 Å². The number of ether oxygens (including phenoxy) is 1. The fraction of sp³-hybridized carbons (Fsp3) is 0.417. The van der Waals surface area contributed by atoms with Crippen molar-refractivity contribution >= 4 is 11.6 Å². The van der Waals surface area contributed by atoms with Gasteiger partial charge in [0, 0.05) is 12.5 Å². The lowest BCUT2D eigenvalue weighted by Crippen LogP contribution is -2.44. The van der Waals surface area contributed by atoms with E-state index < -0.39 is 0 Å². The Morgan fingerprint density at radius 1 is 1.13 bits per heavy atom. The summed E-state index contributed by atoms with van der Waals surface area (Å²) < 4.78 is 18.6. The van der Waals surface area contributed by atoms with Crippen LogP contribution in [0.25, 0.3) is 0 Å². The van der Waals surface area contributed by atoms with Crippen LogP contribution < -0.4 is 4.74 Å². The predicted octanol–water partition coefficient (Wildman–Crippen LogP) is 4.39. The van der Waals surface area contributed by atoms with Gasteiger partial charge in [-0.15, -0.1) is 0 Å². The normalized spacial score (nSPS) is 22.1. The molecule has 2 atom stereocenters. The minimum atomic E-state index is -0.281. The molecule has 2 aliphatic rings. The standard InChI is InChI=1S/C24H28FN3O2/c1-17-5-3-4-14-27(17)16-24(29)28-23(19-8-12-21(30-2)13-9-19)15-22(26-28)18-6-10-20(25)11-7-18/h6-13,17,23H,3-5,14-16H2,1-2H3/t17-,23-/m1/s1. The Hall–Kier alpha value is -2.73. The van der Waals surface area contributed by atoms with Crippen molar-refractivity contribution in [3.05, 3.63) is 65.5 Å². The molecule has 1 amide bonds. The third-order valence-electron chi connectivity index (χ3n) is 6.12. The van der Waals surface area contributed by atoms with E-state index >= 15 is 0 Å². The van der Waals surface area contributed by atoms with Crippen LogP contribution in [0.5, 0.6) is 5.75 Å². The van der Waals surface area contributed by atoms with E-state index in [0.717, 1.165) is 42.0 Å². The first kappa shape index (κ1) is 20.5. The van der Waals surface area contributed by atoms with Gasteiger partial charge in [0.05, 0.1) is 25.4 Å². The number of hydrogen-bond donors (Lipinski definition) is 0. The van der Waals surface area contributed by atoms with Crippen LogP contribution in [-0.2, 0) is 4.79 Å². The lowest BCUT2D eigenvalue weighted by molar-refractivity contribution is -0.135. The van der Waals surface area contributed by atoms with Gasteiger partial charge in [0.15, 0.2) is 0 Å². The summed E-state index contributed by atoms with van der Waals surface area (Å²) in [4.78, 5) is 15.5. The highest BCUT2D eigenvalue weighted by molar-refractivity contribution is 6.03. The molecule has 0 aliphatic carbocycles. The van der Waals surface area contributed by atoms with Gasteiger partial charge in [-0.3, -0.25) is 9.69 Å². The summed E-state index contributed by atoms with van der Waals surface area (Å²) >= 11 is 0. The number of nitrogens with zero attached hydrogens (tertiary/aromatic N) is 3. The quantitative estimate of drug-likeness (QED) is 0.736. The Labute approximate surface area is 177 Å². The highest BCUT2D eigenvalue weighted by atomic mass is 19.1. The molecule has 158 valence electrons. The zero-order valence-electron chi connectivity index (χ0n) is 17.6. The minimum absolute atomic E-state index is 0.00156. The van der Waals surface area contributed by atoms with Crippen molar-refractivity contribution < 1.29 is 13.9 Å². The zero-order chi connectivity index (χ0) is 21.1. The molecule has 2 aromatic carbocycles. The molecule has 6 heteroatoms. The number of piperidine rings is 1. The molecule has 0 radical (unpaired) electrons. The van der Waals surface area contributed by atoms with Gasteiger partial charge in [-0.1, -0.05) is 30.7 Å². The van der Waals surface area contributed by atoms with E-state index in [9.17, 15) is 9.18 Å². The molecule has 2 aromatic rings. The maximum absolute atomic E-state index is 13.4. The number of benzene rings is 2. The molecule has 0 aromatic heterocycles. The summed E-state index contributed by atoms with van der Waals surface area (Å²) in [5.41, 5.74) is 2.66. The van der Waals surface area contributed by atoms with Crippen molar-refractivity contribution in [2.45, 2.75) is 44.7 Å². The van der Waals surface area contributed by atoms with E-state index in [1.54, 1.807) is 24.3 Å². The Morgan fingerprint density at radius 2 is 1.87 bits per heavy atom. The highest BCUT2D eigenvalue weighted by Gasteiger charge is 2.34. The van der Waals surface area contributed by atoms with Crippen molar-refractivity contribution in [1.82, 2.24) is 9.91 Å². The molecular formula is C24H28FN3O2. The average molecular weight is 410 g/mol. The summed E-state index contributed by atoms with van der Waals surface area (Å²) in [6, 6.07) is 14.3. The number of rotatable bonds is 5. The fourth-order valence-corrected chi connectivity index (χ4v) is 4.28. The Balaban J connectivity index is 1.60. The van der Waals surface area contributed by atoms with Crippen molar-refractivity contribution in [2.24, 2.45) is 5.10 Å². The van der Waals surface area contributed by atoms with Crippen LogP contribution >= 0.6 is 0 Å². The van der Waals surface area contributed by atoms with Gasteiger partial charge in [0.25, 0.3) is 5.91 Å². The molecule has 0 bridgehead atoms. The number of halogens is 1. The van der Waals surface area contributed by atoms with E-state index in [4.69, 9.17) is 9.84 Å². The second-order valence-corrected chi connectivity index (χ2v) is 8.10. The summed E-state index contributed by atoms with van der Waals surface area (Å²) in [6.45, 7) is 3.50. The maximum Gasteiger partial charge on any atom is 0.257 e. The van der Waals surface area contributed by atoms with Gasteiger partial charge in [-0.05, 0) is 61.7 Å². The van der Waals surface area contributed by atoms with Gasteiger partial charge in [-0.25, -0.2) is 9.40 Å². The van der Waals surface area contributed by atoms with E-state index in [1.165, 1.54) is 18.6 Å². The monoisotopic (exact) mass is 409 g/mol.